The number of aryl methyl sites for hydroxylation is 1. The number of alkyl carbamates (subject to hydrolysis) is 1. The van der Waals surface area contributed by atoms with E-state index < -0.39 is 24.4 Å². The van der Waals surface area contributed by atoms with Crippen LogP contribution in [0.5, 0.6) is 0 Å². The van der Waals surface area contributed by atoms with Crippen molar-refractivity contribution in [1.29, 1.82) is 0 Å². The van der Waals surface area contributed by atoms with Crippen molar-refractivity contribution in [2.45, 2.75) is 50.9 Å². The van der Waals surface area contributed by atoms with Crippen LogP contribution in [0.25, 0.3) is 0 Å². The molecule has 1 atom stereocenters. The molecule has 0 fully saturated rings. The Hall–Kier alpha value is -1.76. The van der Waals surface area contributed by atoms with Gasteiger partial charge in [-0.1, -0.05) is 6.07 Å². The van der Waals surface area contributed by atoms with Gasteiger partial charge in [-0.15, -0.1) is 11.8 Å². The number of ether oxygens (including phenoxy) is 1. The van der Waals surface area contributed by atoms with Crippen molar-refractivity contribution in [3.05, 3.63) is 23.3 Å². The molecule has 126 valence electrons. The maximum absolute atomic E-state index is 12.9. The Bertz CT molecular complexity index is 628. The van der Waals surface area contributed by atoms with Gasteiger partial charge in [-0.25, -0.2) is 9.18 Å². The monoisotopic (exact) mass is 340 g/mol. The molecule has 1 heterocycles. The average molecular weight is 340 g/mol. The van der Waals surface area contributed by atoms with Crippen LogP contribution in [0.3, 0.4) is 0 Å². The first-order valence-electron chi connectivity index (χ1n) is 7.32. The predicted octanol–water partition coefficient (Wildman–Crippen LogP) is 3.40. The zero-order valence-electron chi connectivity index (χ0n) is 13.7. The third-order valence-corrected chi connectivity index (χ3v) is 4.48. The molecular weight excluding hydrogens is 319 g/mol. The van der Waals surface area contributed by atoms with Crippen LogP contribution >= 0.6 is 11.8 Å². The lowest BCUT2D eigenvalue weighted by Crippen LogP contribution is -2.46. The van der Waals surface area contributed by atoms with Gasteiger partial charge < -0.3 is 15.4 Å². The van der Waals surface area contributed by atoms with Gasteiger partial charge in [0.2, 0.25) is 5.91 Å². The summed E-state index contributed by atoms with van der Waals surface area (Å²) in [6, 6.07) is 2.68. The Morgan fingerprint density at radius 2 is 2.17 bits per heavy atom. The number of hydrogen-bond acceptors (Lipinski definition) is 4. The van der Waals surface area contributed by atoms with Gasteiger partial charge in [0.05, 0.1) is 5.69 Å². The normalized spacial score (nSPS) is 17.8. The van der Waals surface area contributed by atoms with Crippen LogP contribution in [0.4, 0.5) is 14.9 Å². The lowest BCUT2D eigenvalue weighted by Gasteiger charge is -2.22. The highest BCUT2D eigenvalue weighted by molar-refractivity contribution is 7.99. The zero-order valence-corrected chi connectivity index (χ0v) is 14.5. The summed E-state index contributed by atoms with van der Waals surface area (Å²) in [5.41, 5.74) is 1.37. The van der Waals surface area contributed by atoms with E-state index in [1.54, 1.807) is 32.9 Å². The highest BCUT2D eigenvalue weighted by atomic mass is 32.2. The maximum Gasteiger partial charge on any atom is 0.408 e. The molecular formula is C16H21FN2O3S. The molecule has 5 nitrogen and oxygen atoms in total. The van der Waals surface area contributed by atoms with Gasteiger partial charge in [-0.05, 0) is 44.9 Å². The minimum atomic E-state index is -0.713. The van der Waals surface area contributed by atoms with Crippen molar-refractivity contribution in [2.75, 3.05) is 11.1 Å². The number of hydrogen-bond donors (Lipinski definition) is 2. The number of rotatable bonds is 2. The van der Waals surface area contributed by atoms with E-state index in [-0.39, 0.29) is 5.91 Å². The predicted molar refractivity (Wildman–Crippen MR) is 88.5 cm³/mol. The van der Waals surface area contributed by atoms with Gasteiger partial charge in [0.15, 0.2) is 0 Å². The number of carbonyl (C=O) groups excluding carboxylic acids is 2. The molecule has 0 radical (unpaired) electrons. The lowest BCUT2D eigenvalue weighted by atomic mass is 10.1. The van der Waals surface area contributed by atoms with Crippen LogP contribution in [0.15, 0.2) is 17.0 Å². The molecule has 2 N–H and O–H groups in total. The van der Waals surface area contributed by atoms with Crippen LogP contribution in [0, 0.1) is 6.92 Å². The van der Waals surface area contributed by atoms with E-state index in [1.807, 2.05) is 6.92 Å². The minimum Gasteiger partial charge on any atom is -0.444 e. The summed E-state index contributed by atoms with van der Waals surface area (Å²) in [7, 11) is 0. The highest BCUT2D eigenvalue weighted by Gasteiger charge is 2.28. The fourth-order valence-corrected chi connectivity index (χ4v) is 3.35. The van der Waals surface area contributed by atoms with Crippen molar-refractivity contribution in [3.8, 4) is 0 Å². The van der Waals surface area contributed by atoms with Gasteiger partial charge in [0, 0.05) is 10.6 Å². The van der Waals surface area contributed by atoms with Crippen molar-refractivity contribution >= 4 is 29.4 Å². The van der Waals surface area contributed by atoms with Gasteiger partial charge in [-0.3, -0.25) is 4.79 Å². The molecule has 1 aromatic carbocycles. The largest absolute Gasteiger partial charge is 0.444 e. The summed E-state index contributed by atoms with van der Waals surface area (Å²) in [5.74, 6) is 0.0472. The van der Waals surface area contributed by atoms with Crippen LogP contribution in [0.2, 0.25) is 0 Å². The third-order valence-electron chi connectivity index (χ3n) is 3.15. The van der Waals surface area contributed by atoms with Gasteiger partial charge in [-0.2, -0.15) is 0 Å². The van der Waals surface area contributed by atoms with Crippen molar-refractivity contribution in [3.63, 3.8) is 0 Å². The van der Waals surface area contributed by atoms with E-state index >= 15 is 0 Å². The molecule has 0 aromatic heterocycles. The summed E-state index contributed by atoms with van der Waals surface area (Å²) < 4.78 is 18.1. The maximum atomic E-state index is 12.9. The second-order valence-corrected chi connectivity index (χ2v) is 7.45. The molecule has 0 saturated heterocycles. The zero-order chi connectivity index (χ0) is 17.2. The van der Waals surface area contributed by atoms with E-state index in [2.05, 4.69) is 10.6 Å². The highest BCUT2D eigenvalue weighted by Crippen LogP contribution is 2.35. The first-order chi connectivity index (χ1) is 10.7. The van der Waals surface area contributed by atoms with E-state index in [9.17, 15) is 14.0 Å². The number of amides is 2. The molecule has 7 heteroatoms. The molecule has 23 heavy (non-hydrogen) atoms. The van der Waals surface area contributed by atoms with Crippen molar-refractivity contribution < 1.29 is 18.7 Å². The summed E-state index contributed by atoms with van der Waals surface area (Å²) in [5, 5.41) is 5.34. The smallest absolute Gasteiger partial charge is 0.408 e. The number of benzene rings is 1. The topological polar surface area (TPSA) is 67.4 Å². The van der Waals surface area contributed by atoms with Crippen molar-refractivity contribution in [1.82, 2.24) is 5.32 Å². The van der Waals surface area contributed by atoms with Crippen LogP contribution < -0.4 is 10.6 Å². The quantitative estimate of drug-likeness (QED) is 0.866. The fraction of sp³-hybridized carbons (Fsp3) is 0.500. The van der Waals surface area contributed by atoms with Crippen LogP contribution in [-0.4, -0.2) is 29.4 Å². The minimum absolute atomic E-state index is 0.336. The van der Waals surface area contributed by atoms with Gasteiger partial charge in [0.25, 0.3) is 0 Å². The molecule has 0 bridgehead atoms. The Balaban J connectivity index is 2.13. The molecule has 1 aliphatic rings. The Kier molecular flexibility index (Phi) is 5.19. The first-order valence-corrected chi connectivity index (χ1v) is 8.31. The Labute approximate surface area is 139 Å². The number of fused-ring (bicyclic) bond motifs is 1. The molecule has 1 aliphatic heterocycles. The van der Waals surface area contributed by atoms with Gasteiger partial charge >= 0.3 is 6.09 Å². The number of alkyl halides is 1. The molecule has 1 aromatic rings. The molecule has 2 rings (SSSR count). The Morgan fingerprint density at radius 1 is 1.48 bits per heavy atom. The number of halogens is 1. The summed E-state index contributed by atoms with van der Waals surface area (Å²) in [6.07, 6.45) is -0.634. The number of thioether (sulfide) groups is 1. The molecule has 0 unspecified atom stereocenters. The molecule has 0 spiro atoms. The molecule has 0 saturated carbocycles. The van der Waals surface area contributed by atoms with Crippen LogP contribution in [0.1, 0.15) is 31.9 Å². The van der Waals surface area contributed by atoms with E-state index in [1.165, 1.54) is 11.8 Å². The first kappa shape index (κ1) is 17.6. The van der Waals surface area contributed by atoms with Gasteiger partial charge in [0.1, 0.15) is 18.3 Å². The van der Waals surface area contributed by atoms with Crippen LogP contribution in [-0.2, 0) is 16.2 Å². The number of anilines is 1. The lowest BCUT2D eigenvalue weighted by molar-refractivity contribution is -0.117. The third kappa shape index (κ3) is 4.60. The van der Waals surface area contributed by atoms with E-state index in [4.69, 9.17) is 4.74 Å². The second-order valence-electron chi connectivity index (χ2n) is 6.42. The summed E-state index contributed by atoms with van der Waals surface area (Å²) in [6.45, 7) is 6.55. The summed E-state index contributed by atoms with van der Waals surface area (Å²) >= 11 is 1.45. The molecule has 2 amide bonds. The summed E-state index contributed by atoms with van der Waals surface area (Å²) in [4.78, 5) is 25.0. The van der Waals surface area contributed by atoms with E-state index in [0.717, 1.165) is 10.5 Å². The number of nitrogens with one attached hydrogen (secondary N) is 2. The van der Waals surface area contributed by atoms with E-state index in [0.29, 0.717) is 17.0 Å². The second kappa shape index (κ2) is 6.78. The number of carbonyl (C=O) groups is 2. The SMILES string of the molecule is Cc1cc(CF)cc2c1SC[C@H](NC(=O)OC(C)(C)C)C(=O)N2. The van der Waals surface area contributed by atoms with Crippen molar-refractivity contribution in [2.24, 2.45) is 0 Å². The Morgan fingerprint density at radius 3 is 2.78 bits per heavy atom. The average Bonchev–Trinajstić information content (AvgIpc) is 2.56. The standard InChI is InChI=1S/C16H21FN2O3S/c1-9-5-10(7-17)6-11-13(9)23-8-12(14(20)18-11)19-15(21)22-16(2,3)4/h5-6,12H,7-8H2,1-4H3,(H,18,20)(H,19,21)/t12-/m0/s1. The fourth-order valence-electron chi connectivity index (χ4n) is 2.23. The molecule has 0 aliphatic carbocycles.